The van der Waals surface area contributed by atoms with Crippen molar-refractivity contribution in [1.29, 1.82) is 0 Å². The molecule has 1 saturated heterocycles. The molecule has 74 valence electrons. The first-order valence-corrected chi connectivity index (χ1v) is 5.25. The molecule has 1 heterocycles. The van der Waals surface area contributed by atoms with Crippen molar-refractivity contribution in [2.24, 2.45) is 0 Å². The van der Waals surface area contributed by atoms with Crippen molar-refractivity contribution in [1.82, 2.24) is 4.90 Å². The molecule has 2 unspecified atom stereocenters. The Bertz CT molecular complexity index is 202. The summed E-state index contributed by atoms with van der Waals surface area (Å²) in [7, 11) is 0. The predicted molar refractivity (Wildman–Crippen MR) is 57.5 cm³/mol. The highest BCUT2D eigenvalue weighted by Gasteiger charge is 2.34. The smallest absolute Gasteiger partial charge is 0.0770 e. The molecule has 0 aromatic carbocycles. The van der Waals surface area contributed by atoms with Crippen molar-refractivity contribution in [2.75, 3.05) is 0 Å². The van der Waals surface area contributed by atoms with Crippen molar-refractivity contribution in [3.05, 3.63) is 0 Å². The molecule has 1 rings (SSSR count). The minimum Gasteiger partial charge on any atom is -0.282 e. The lowest BCUT2D eigenvalue weighted by Crippen LogP contribution is -2.54. The summed E-state index contributed by atoms with van der Waals surface area (Å²) in [5.74, 6) is 2.90. The zero-order valence-electron chi connectivity index (χ0n) is 9.30. The molecule has 0 aromatic rings. The van der Waals surface area contributed by atoms with Gasteiger partial charge in [0.05, 0.1) is 5.54 Å². The van der Waals surface area contributed by atoms with Crippen molar-refractivity contribution in [2.45, 2.75) is 64.6 Å². The van der Waals surface area contributed by atoms with Crippen LogP contribution in [0.25, 0.3) is 0 Å². The Hall–Kier alpha value is -0.480. The van der Waals surface area contributed by atoms with Crippen molar-refractivity contribution in [3.63, 3.8) is 0 Å². The molecule has 1 aliphatic rings. The maximum absolute atomic E-state index is 5.57. The fraction of sp³-hybridized carbons (Fsp3) is 0.833. The van der Waals surface area contributed by atoms with E-state index in [1.807, 2.05) is 0 Å². The lowest BCUT2D eigenvalue weighted by molar-refractivity contribution is 0.0371. The Morgan fingerprint density at radius 3 is 2.08 bits per heavy atom. The maximum atomic E-state index is 5.57. The average Bonchev–Trinajstić information content (AvgIpc) is 2.03. The molecule has 1 heteroatoms. The van der Waals surface area contributed by atoms with Crippen LogP contribution in [0.3, 0.4) is 0 Å². The normalized spacial score (nSPS) is 31.3. The summed E-state index contributed by atoms with van der Waals surface area (Å²) >= 11 is 0. The van der Waals surface area contributed by atoms with Gasteiger partial charge < -0.3 is 0 Å². The number of terminal acetylenes is 1. The van der Waals surface area contributed by atoms with Crippen LogP contribution in [0, 0.1) is 12.3 Å². The highest BCUT2D eigenvalue weighted by Crippen LogP contribution is 2.29. The SMILES string of the molecule is C#CC(C)(C)N1C(C)CCCC1C. The Morgan fingerprint density at radius 1 is 1.23 bits per heavy atom. The van der Waals surface area contributed by atoms with Crippen LogP contribution >= 0.6 is 0 Å². The van der Waals surface area contributed by atoms with Gasteiger partial charge in [-0.3, -0.25) is 4.90 Å². The monoisotopic (exact) mass is 179 g/mol. The van der Waals surface area contributed by atoms with Crippen molar-refractivity contribution < 1.29 is 0 Å². The predicted octanol–water partition coefficient (Wildman–Crippen LogP) is 2.66. The third-order valence-corrected chi connectivity index (χ3v) is 3.19. The quantitative estimate of drug-likeness (QED) is 0.559. The van der Waals surface area contributed by atoms with Gasteiger partial charge in [-0.15, -0.1) is 6.42 Å². The van der Waals surface area contributed by atoms with Gasteiger partial charge in [0.25, 0.3) is 0 Å². The van der Waals surface area contributed by atoms with Gasteiger partial charge in [-0.2, -0.15) is 0 Å². The zero-order valence-corrected chi connectivity index (χ0v) is 9.30. The third-order valence-electron chi connectivity index (χ3n) is 3.19. The number of hydrogen-bond donors (Lipinski definition) is 0. The van der Waals surface area contributed by atoms with E-state index in [-0.39, 0.29) is 5.54 Å². The van der Waals surface area contributed by atoms with Crippen molar-refractivity contribution >= 4 is 0 Å². The number of rotatable bonds is 1. The van der Waals surface area contributed by atoms with Gasteiger partial charge in [0, 0.05) is 12.1 Å². The average molecular weight is 179 g/mol. The lowest BCUT2D eigenvalue weighted by atomic mass is 9.90. The fourth-order valence-corrected chi connectivity index (χ4v) is 2.60. The van der Waals surface area contributed by atoms with Gasteiger partial charge in [-0.05, 0) is 40.5 Å². The molecular weight excluding hydrogens is 158 g/mol. The molecule has 0 radical (unpaired) electrons. The topological polar surface area (TPSA) is 3.24 Å². The van der Waals surface area contributed by atoms with E-state index in [9.17, 15) is 0 Å². The van der Waals surface area contributed by atoms with Crippen molar-refractivity contribution in [3.8, 4) is 12.3 Å². The number of hydrogen-bond acceptors (Lipinski definition) is 1. The molecule has 0 aromatic heterocycles. The second-order valence-corrected chi connectivity index (χ2v) is 4.74. The molecule has 1 nitrogen and oxygen atoms in total. The molecule has 2 atom stereocenters. The Morgan fingerprint density at radius 2 is 1.69 bits per heavy atom. The van der Waals surface area contributed by atoms with Crippen LogP contribution < -0.4 is 0 Å². The van der Waals surface area contributed by atoms with Crippen LogP contribution in [-0.4, -0.2) is 22.5 Å². The van der Waals surface area contributed by atoms with Crippen LogP contribution in [0.15, 0.2) is 0 Å². The van der Waals surface area contributed by atoms with E-state index in [2.05, 4.69) is 38.5 Å². The number of likely N-dealkylation sites (tertiary alicyclic amines) is 1. The molecule has 0 spiro atoms. The number of nitrogens with zero attached hydrogens (tertiary/aromatic N) is 1. The summed E-state index contributed by atoms with van der Waals surface area (Å²) in [6.07, 6.45) is 9.49. The van der Waals surface area contributed by atoms with Crippen LogP contribution in [0.1, 0.15) is 47.0 Å². The van der Waals surface area contributed by atoms with Crippen LogP contribution in [-0.2, 0) is 0 Å². The summed E-state index contributed by atoms with van der Waals surface area (Å²) in [5, 5.41) is 0. The summed E-state index contributed by atoms with van der Waals surface area (Å²) < 4.78 is 0. The molecule has 13 heavy (non-hydrogen) atoms. The highest BCUT2D eigenvalue weighted by atomic mass is 15.2. The minimum atomic E-state index is -0.0841. The highest BCUT2D eigenvalue weighted by molar-refractivity contribution is 5.11. The summed E-state index contributed by atoms with van der Waals surface area (Å²) in [6.45, 7) is 8.86. The molecule has 0 N–H and O–H groups in total. The van der Waals surface area contributed by atoms with E-state index in [4.69, 9.17) is 6.42 Å². The second kappa shape index (κ2) is 3.72. The van der Waals surface area contributed by atoms with E-state index in [0.29, 0.717) is 12.1 Å². The van der Waals surface area contributed by atoms with Crippen LogP contribution in [0.4, 0.5) is 0 Å². The van der Waals surface area contributed by atoms with E-state index in [1.54, 1.807) is 0 Å². The molecule has 0 amide bonds. The summed E-state index contributed by atoms with van der Waals surface area (Å²) in [5.41, 5.74) is -0.0841. The van der Waals surface area contributed by atoms with E-state index >= 15 is 0 Å². The second-order valence-electron chi connectivity index (χ2n) is 4.74. The van der Waals surface area contributed by atoms with Gasteiger partial charge in [0.2, 0.25) is 0 Å². The van der Waals surface area contributed by atoms with E-state index < -0.39 is 0 Å². The minimum absolute atomic E-state index is 0.0841. The van der Waals surface area contributed by atoms with E-state index in [0.717, 1.165) is 0 Å². The van der Waals surface area contributed by atoms with Gasteiger partial charge in [-0.25, -0.2) is 0 Å². The Balaban J connectivity index is 2.81. The third kappa shape index (κ3) is 2.06. The largest absolute Gasteiger partial charge is 0.282 e. The molecule has 1 fully saturated rings. The van der Waals surface area contributed by atoms with Crippen LogP contribution in [0.2, 0.25) is 0 Å². The Kier molecular flexibility index (Phi) is 3.03. The number of piperidine rings is 1. The first-order valence-electron chi connectivity index (χ1n) is 5.25. The van der Waals surface area contributed by atoms with Gasteiger partial charge in [-0.1, -0.05) is 12.3 Å². The Labute approximate surface area is 82.5 Å². The van der Waals surface area contributed by atoms with E-state index in [1.165, 1.54) is 19.3 Å². The summed E-state index contributed by atoms with van der Waals surface area (Å²) in [6, 6.07) is 1.27. The fourth-order valence-electron chi connectivity index (χ4n) is 2.60. The maximum Gasteiger partial charge on any atom is 0.0770 e. The molecule has 0 bridgehead atoms. The van der Waals surface area contributed by atoms with Crippen LogP contribution in [0.5, 0.6) is 0 Å². The standard InChI is InChI=1S/C12H21N/c1-6-12(4,5)13-10(2)8-7-9-11(13)3/h1,10-11H,7-9H2,2-5H3. The lowest BCUT2D eigenvalue weighted by Gasteiger charge is -2.46. The zero-order chi connectivity index (χ0) is 10.1. The van der Waals surface area contributed by atoms with Gasteiger partial charge >= 0.3 is 0 Å². The molecular formula is C12H21N. The molecule has 0 aliphatic carbocycles. The first-order chi connectivity index (χ1) is 5.99. The first kappa shape index (κ1) is 10.6. The van der Waals surface area contributed by atoms with Gasteiger partial charge in [0.15, 0.2) is 0 Å². The molecule has 0 saturated carbocycles. The summed E-state index contributed by atoms with van der Waals surface area (Å²) in [4.78, 5) is 2.48. The van der Waals surface area contributed by atoms with Gasteiger partial charge in [0.1, 0.15) is 0 Å². The molecule has 1 aliphatic heterocycles.